The number of hydrogen-bond donors (Lipinski definition) is 2. The summed E-state index contributed by atoms with van der Waals surface area (Å²) in [5, 5.41) is 5.64. The minimum absolute atomic E-state index is 0.103. The molecule has 1 heterocycles. The second-order valence-electron chi connectivity index (χ2n) is 7.44. The van der Waals surface area contributed by atoms with Crippen molar-refractivity contribution in [3.05, 3.63) is 80.9 Å². The quantitative estimate of drug-likeness (QED) is 0.537. The van der Waals surface area contributed by atoms with E-state index in [2.05, 4.69) is 10.4 Å². The van der Waals surface area contributed by atoms with Crippen LogP contribution < -0.4 is 16.4 Å². The van der Waals surface area contributed by atoms with Gasteiger partial charge in [0.25, 0.3) is 17.0 Å². The first kappa shape index (κ1) is 22.0. The second kappa shape index (κ2) is 9.88. The zero-order valence-corrected chi connectivity index (χ0v) is 17.5. The Hall–Kier alpha value is -3.68. The molecule has 2 atom stereocenters. The van der Waals surface area contributed by atoms with E-state index in [1.165, 1.54) is 24.6 Å². The van der Waals surface area contributed by atoms with Crippen molar-refractivity contribution in [2.75, 3.05) is 0 Å². The smallest absolute Gasteiger partial charge is 0.328 e. The predicted molar refractivity (Wildman–Crippen MR) is 117 cm³/mol. The van der Waals surface area contributed by atoms with Crippen molar-refractivity contribution in [2.24, 2.45) is 0 Å². The van der Waals surface area contributed by atoms with Crippen LogP contribution in [0, 0.1) is 0 Å². The Bertz CT molecular complexity index is 1180. The Morgan fingerprint density at radius 1 is 1.00 bits per heavy atom. The lowest BCUT2D eigenvalue weighted by molar-refractivity contribution is -0.155. The average molecular weight is 423 g/mol. The minimum Gasteiger partial charge on any atom is -0.451 e. The highest BCUT2D eigenvalue weighted by atomic mass is 16.5. The van der Waals surface area contributed by atoms with E-state index in [9.17, 15) is 19.2 Å². The van der Waals surface area contributed by atoms with Gasteiger partial charge in [-0.15, -0.1) is 0 Å². The highest BCUT2D eigenvalue weighted by Crippen LogP contribution is 2.06. The monoisotopic (exact) mass is 423 g/mol. The molecule has 0 saturated carbocycles. The molecule has 2 N–H and O–H groups in total. The molecule has 3 rings (SSSR count). The summed E-state index contributed by atoms with van der Waals surface area (Å²) in [6.45, 7) is 2.85. The van der Waals surface area contributed by atoms with Crippen LogP contribution in [0.4, 0.5) is 0 Å². The van der Waals surface area contributed by atoms with E-state index < -0.39 is 35.6 Å². The van der Waals surface area contributed by atoms with Crippen molar-refractivity contribution in [2.45, 2.75) is 45.4 Å². The number of carbonyl (C=O) groups is 2. The maximum Gasteiger partial charge on any atom is 0.328 e. The molecule has 0 fully saturated rings. The van der Waals surface area contributed by atoms with E-state index in [1.54, 1.807) is 12.1 Å². The third kappa shape index (κ3) is 5.69. The van der Waals surface area contributed by atoms with Crippen LogP contribution in [0.5, 0.6) is 0 Å². The standard InChI is InChI=1S/C23H25N3O5/c1-15(12-13-17-8-4-3-5-9-17)24-21(28)16(2)31-20(27)14-26-23(30)19-11-7-6-10-18(19)22(29)25-26/h3-11,15-16H,12-14H2,1-2H3,(H,24,28)(H,25,29)/t15-,16+/m0/s1. The summed E-state index contributed by atoms with van der Waals surface area (Å²) >= 11 is 0. The molecule has 3 aromatic rings. The lowest BCUT2D eigenvalue weighted by Gasteiger charge is -2.18. The second-order valence-corrected chi connectivity index (χ2v) is 7.44. The number of hydrogen-bond acceptors (Lipinski definition) is 5. The average Bonchev–Trinajstić information content (AvgIpc) is 2.76. The number of H-pyrrole nitrogens is 1. The van der Waals surface area contributed by atoms with Crippen LogP contribution in [-0.4, -0.2) is 33.8 Å². The summed E-state index contributed by atoms with van der Waals surface area (Å²) in [6.07, 6.45) is 0.522. The molecule has 162 valence electrons. The van der Waals surface area contributed by atoms with Gasteiger partial charge in [0.1, 0.15) is 6.54 Å². The number of esters is 1. The molecule has 0 bridgehead atoms. The van der Waals surface area contributed by atoms with Crippen molar-refractivity contribution in [3.63, 3.8) is 0 Å². The number of aromatic nitrogens is 2. The highest BCUT2D eigenvalue weighted by Gasteiger charge is 2.20. The molecule has 0 aliphatic carbocycles. The van der Waals surface area contributed by atoms with E-state index in [-0.39, 0.29) is 16.8 Å². The molecule has 0 aliphatic rings. The van der Waals surface area contributed by atoms with E-state index in [1.807, 2.05) is 37.3 Å². The molecule has 1 amide bonds. The van der Waals surface area contributed by atoms with Crippen LogP contribution in [0.2, 0.25) is 0 Å². The number of nitrogens with one attached hydrogen (secondary N) is 2. The number of benzene rings is 2. The third-order valence-electron chi connectivity index (χ3n) is 4.95. The summed E-state index contributed by atoms with van der Waals surface area (Å²) in [5.41, 5.74) is 0.178. The molecule has 0 radical (unpaired) electrons. The van der Waals surface area contributed by atoms with Crippen LogP contribution in [0.3, 0.4) is 0 Å². The van der Waals surface area contributed by atoms with Crippen LogP contribution in [0.25, 0.3) is 10.8 Å². The van der Waals surface area contributed by atoms with Gasteiger partial charge in [-0.25, -0.2) is 4.68 Å². The van der Waals surface area contributed by atoms with Gasteiger partial charge in [-0.1, -0.05) is 42.5 Å². The number of ether oxygens (including phenoxy) is 1. The number of nitrogens with zero attached hydrogens (tertiary/aromatic N) is 1. The normalized spacial score (nSPS) is 12.8. The van der Waals surface area contributed by atoms with Gasteiger partial charge in [-0.05, 0) is 44.4 Å². The van der Waals surface area contributed by atoms with Crippen LogP contribution >= 0.6 is 0 Å². The van der Waals surface area contributed by atoms with Gasteiger partial charge in [0, 0.05) is 6.04 Å². The lowest BCUT2D eigenvalue weighted by atomic mass is 10.1. The molecule has 0 unspecified atom stereocenters. The summed E-state index contributed by atoms with van der Waals surface area (Å²) in [7, 11) is 0. The largest absolute Gasteiger partial charge is 0.451 e. The highest BCUT2D eigenvalue weighted by molar-refractivity contribution is 5.84. The molecule has 31 heavy (non-hydrogen) atoms. The fourth-order valence-electron chi connectivity index (χ4n) is 3.24. The van der Waals surface area contributed by atoms with Crippen molar-refractivity contribution >= 4 is 22.6 Å². The maximum atomic E-state index is 12.5. The first-order valence-electron chi connectivity index (χ1n) is 10.1. The van der Waals surface area contributed by atoms with Crippen molar-refractivity contribution in [3.8, 4) is 0 Å². The van der Waals surface area contributed by atoms with Gasteiger partial charge in [-0.3, -0.25) is 24.3 Å². The Balaban J connectivity index is 1.55. The van der Waals surface area contributed by atoms with E-state index in [4.69, 9.17) is 4.74 Å². The van der Waals surface area contributed by atoms with E-state index in [0.717, 1.165) is 17.5 Å². The lowest BCUT2D eigenvalue weighted by Crippen LogP contribution is -2.42. The number of aromatic amines is 1. The summed E-state index contributed by atoms with van der Waals surface area (Å²) < 4.78 is 6.04. The van der Waals surface area contributed by atoms with Gasteiger partial charge in [0.05, 0.1) is 10.8 Å². The third-order valence-corrected chi connectivity index (χ3v) is 4.95. The molecule has 0 saturated heterocycles. The number of carbonyl (C=O) groups excluding carboxylic acids is 2. The number of amides is 1. The summed E-state index contributed by atoms with van der Waals surface area (Å²) in [4.78, 5) is 49.2. The Labute approximate surface area is 178 Å². The fourth-order valence-corrected chi connectivity index (χ4v) is 3.24. The van der Waals surface area contributed by atoms with Gasteiger partial charge < -0.3 is 10.1 Å². The number of aryl methyl sites for hydroxylation is 1. The minimum atomic E-state index is -1.03. The maximum absolute atomic E-state index is 12.5. The number of rotatable bonds is 8. The first-order valence-corrected chi connectivity index (χ1v) is 10.1. The zero-order chi connectivity index (χ0) is 22.4. The molecular weight excluding hydrogens is 398 g/mol. The Kier molecular flexibility index (Phi) is 7.02. The van der Waals surface area contributed by atoms with Gasteiger partial charge >= 0.3 is 5.97 Å². The van der Waals surface area contributed by atoms with Crippen LogP contribution in [0.15, 0.2) is 64.2 Å². The molecular formula is C23H25N3O5. The molecule has 0 aliphatic heterocycles. The fraction of sp³-hybridized carbons (Fsp3) is 0.304. The summed E-state index contributed by atoms with van der Waals surface area (Å²) in [6, 6.07) is 16.2. The molecule has 8 nitrogen and oxygen atoms in total. The van der Waals surface area contributed by atoms with Crippen molar-refractivity contribution in [1.82, 2.24) is 15.1 Å². The molecule has 0 spiro atoms. The SMILES string of the molecule is C[C@@H](CCc1ccccc1)NC(=O)[C@@H](C)OC(=O)Cn1[nH]c(=O)c2ccccc2c1=O. The van der Waals surface area contributed by atoms with Gasteiger partial charge in [0.2, 0.25) is 0 Å². The van der Waals surface area contributed by atoms with E-state index in [0.29, 0.717) is 0 Å². The topological polar surface area (TPSA) is 110 Å². The molecule has 2 aromatic carbocycles. The Morgan fingerprint density at radius 2 is 1.65 bits per heavy atom. The van der Waals surface area contributed by atoms with Gasteiger partial charge in [-0.2, -0.15) is 0 Å². The Morgan fingerprint density at radius 3 is 2.35 bits per heavy atom. The van der Waals surface area contributed by atoms with Crippen LogP contribution in [-0.2, 0) is 27.3 Å². The predicted octanol–water partition coefficient (Wildman–Crippen LogP) is 1.76. The van der Waals surface area contributed by atoms with Crippen molar-refractivity contribution < 1.29 is 14.3 Å². The van der Waals surface area contributed by atoms with E-state index >= 15 is 0 Å². The molecule has 1 aromatic heterocycles. The van der Waals surface area contributed by atoms with Crippen LogP contribution in [0.1, 0.15) is 25.8 Å². The zero-order valence-electron chi connectivity index (χ0n) is 17.5. The molecule has 8 heteroatoms. The summed E-state index contributed by atoms with van der Waals surface area (Å²) in [5.74, 6) is -1.22. The first-order chi connectivity index (χ1) is 14.8. The van der Waals surface area contributed by atoms with Crippen molar-refractivity contribution in [1.29, 1.82) is 0 Å². The van der Waals surface area contributed by atoms with Gasteiger partial charge in [0.15, 0.2) is 6.10 Å². The number of fused-ring (bicyclic) bond motifs is 1.